The van der Waals surface area contributed by atoms with Crippen LogP contribution in [0.3, 0.4) is 0 Å². The molecular weight excluding hydrogens is 553 g/mol. The number of hydrogen-bond donors (Lipinski definition) is 1. The van der Waals surface area contributed by atoms with E-state index in [9.17, 15) is 18.0 Å². The number of rotatable bonds is 12. The summed E-state index contributed by atoms with van der Waals surface area (Å²) in [6.45, 7) is 4.47. The number of carbonyl (C=O) groups excluding carboxylic acids is 2. The van der Waals surface area contributed by atoms with Crippen LogP contribution >= 0.6 is 23.2 Å². The number of carbonyl (C=O) groups is 2. The first kappa shape index (κ1) is 29.9. The van der Waals surface area contributed by atoms with Crippen molar-refractivity contribution in [2.75, 3.05) is 36.9 Å². The number of nitrogens with one attached hydrogen (secondary N) is 1. The van der Waals surface area contributed by atoms with E-state index in [1.54, 1.807) is 37.3 Å². The molecule has 0 saturated heterocycles. The summed E-state index contributed by atoms with van der Waals surface area (Å²) >= 11 is 12.4. The normalized spacial score (nSPS) is 13.5. The number of benzene rings is 2. The second-order valence-electron chi connectivity index (χ2n) is 8.92. The lowest BCUT2D eigenvalue weighted by Gasteiger charge is -2.33. The Kier molecular flexibility index (Phi) is 10.5. The van der Waals surface area contributed by atoms with Crippen LogP contribution in [-0.2, 0) is 26.2 Å². The lowest BCUT2D eigenvalue weighted by molar-refractivity contribution is -0.140. The number of unbranched alkanes of at least 4 members (excludes halogenated alkanes) is 1. The summed E-state index contributed by atoms with van der Waals surface area (Å²) in [5.74, 6) is 0.00779. The van der Waals surface area contributed by atoms with Crippen molar-refractivity contribution in [1.29, 1.82) is 0 Å². The van der Waals surface area contributed by atoms with E-state index >= 15 is 0 Å². The molecule has 12 heteroatoms. The number of sulfonamides is 1. The Morgan fingerprint density at radius 1 is 1.05 bits per heavy atom. The maximum absolute atomic E-state index is 13.8. The molecule has 1 N–H and O–H groups in total. The van der Waals surface area contributed by atoms with Gasteiger partial charge in [-0.05, 0) is 42.7 Å². The number of halogens is 2. The molecular formula is C26H33Cl2N3O6S. The van der Waals surface area contributed by atoms with Gasteiger partial charge in [-0.1, -0.05) is 49.5 Å². The van der Waals surface area contributed by atoms with Crippen molar-refractivity contribution in [2.24, 2.45) is 0 Å². The minimum atomic E-state index is -3.88. The minimum absolute atomic E-state index is 0.00667. The molecule has 0 radical (unpaired) electrons. The minimum Gasteiger partial charge on any atom is -0.486 e. The van der Waals surface area contributed by atoms with E-state index in [0.29, 0.717) is 53.3 Å². The number of hydrogen-bond acceptors (Lipinski definition) is 6. The van der Waals surface area contributed by atoms with Gasteiger partial charge in [-0.25, -0.2) is 8.42 Å². The molecule has 1 aliphatic heterocycles. The fraction of sp³-hybridized carbons (Fsp3) is 0.462. The smallest absolute Gasteiger partial charge is 0.244 e. The van der Waals surface area contributed by atoms with Gasteiger partial charge >= 0.3 is 0 Å². The van der Waals surface area contributed by atoms with Crippen LogP contribution in [0.1, 0.15) is 38.7 Å². The van der Waals surface area contributed by atoms with Gasteiger partial charge in [-0.3, -0.25) is 13.9 Å². The molecule has 3 rings (SSSR count). The van der Waals surface area contributed by atoms with Gasteiger partial charge in [-0.2, -0.15) is 0 Å². The van der Waals surface area contributed by atoms with Gasteiger partial charge < -0.3 is 19.7 Å². The molecule has 1 atom stereocenters. The summed E-state index contributed by atoms with van der Waals surface area (Å²) in [4.78, 5) is 28.3. The summed E-state index contributed by atoms with van der Waals surface area (Å²) in [6.07, 6.45) is 3.04. The van der Waals surface area contributed by atoms with Gasteiger partial charge in [0.25, 0.3) is 0 Å². The molecule has 0 aliphatic carbocycles. The monoisotopic (exact) mass is 585 g/mol. The third kappa shape index (κ3) is 7.68. The van der Waals surface area contributed by atoms with Crippen LogP contribution in [0.2, 0.25) is 10.0 Å². The first-order valence-electron chi connectivity index (χ1n) is 12.4. The van der Waals surface area contributed by atoms with Crippen LogP contribution in [0.4, 0.5) is 5.69 Å². The molecule has 38 heavy (non-hydrogen) atoms. The van der Waals surface area contributed by atoms with Crippen LogP contribution in [-0.4, -0.2) is 63.7 Å². The molecule has 2 aromatic rings. The molecule has 0 aromatic heterocycles. The molecule has 2 aromatic carbocycles. The summed E-state index contributed by atoms with van der Waals surface area (Å²) in [5.41, 5.74) is 0.824. The summed E-state index contributed by atoms with van der Waals surface area (Å²) in [6, 6.07) is 8.73. The van der Waals surface area contributed by atoms with Gasteiger partial charge in [0.15, 0.2) is 11.5 Å². The largest absolute Gasteiger partial charge is 0.486 e. The Morgan fingerprint density at radius 2 is 1.76 bits per heavy atom. The highest BCUT2D eigenvalue weighted by molar-refractivity contribution is 7.92. The number of nitrogens with zero attached hydrogens (tertiary/aromatic N) is 2. The third-order valence-corrected chi connectivity index (χ3v) is 7.79. The third-order valence-electron chi connectivity index (χ3n) is 6.06. The van der Waals surface area contributed by atoms with Gasteiger partial charge in [0, 0.05) is 29.2 Å². The number of fused-ring (bicyclic) bond motifs is 1. The van der Waals surface area contributed by atoms with Crippen LogP contribution in [0.15, 0.2) is 36.4 Å². The van der Waals surface area contributed by atoms with Crippen molar-refractivity contribution < 1.29 is 27.5 Å². The highest BCUT2D eigenvalue weighted by Gasteiger charge is 2.32. The van der Waals surface area contributed by atoms with Crippen LogP contribution in [0.25, 0.3) is 0 Å². The van der Waals surface area contributed by atoms with Crippen LogP contribution in [0.5, 0.6) is 11.5 Å². The molecule has 208 valence electrons. The van der Waals surface area contributed by atoms with E-state index in [1.165, 1.54) is 11.0 Å². The molecule has 0 saturated carbocycles. The highest BCUT2D eigenvalue weighted by Crippen LogP contribution is 2.35. The van der Waals surface area contributed by atoms with E-state index in [2.05, 4.69) is 5.32 Å². The highest BCUT2D eigenvalue weighted by atomic mass is 35.5. The first-order valence-corrected chi connectivity index (χ1v) is 15.0. The lowest BCUT2D eigenvalue weighted by atomic mass is 10.1. The number of anilines is 1. The fourth-order valence-electron chi connectivity index (χ4n) is 4.06. The Bertz CT molecular complexity index is 1260. The van der Waals surface area contributed by atoms with Gasteiger partial charge in [0.2, 0.25) is 21.8 Å². The Hall–Kier alpha value is -2.69. The Balaban J connectivity index is 1.95. The second kappa shape index (κ2) is 13.4. The standard InChI is InChI=1S/C26H33Cl2N3O6S/c1-4-6-11-29-26(33)22(5-2)30(16-18-7-8-19(27)14-21(18)28)25(32)17-31(38(3,34)35)20-9-10-23-24(15-20)37-13-12-36-23/h7-10,14-15,22H,4-6,11-13,16-17H2,1-3H3,(H,29,33). The summed E-state index contributed by atoms with van der Waals surface area (Å²) < 4.78 is 37.8. The molecule has 0 spiro atoms. The van der Waals surface area contributed by atoms with E-state index in [0.717, 1.165) is 23.4 Å². The Labute approximate surface area is 234 Å². The van der Waals surface area contributed by atoms with E-state index in [1.807, 2.05) is 6.92 Å². The Morgan fingerprint density at radius 3 is 2.39 bits per heavy atom. The van der Waals surface area contributed by atoms with Gasteiger partial charge in [0.1, 0.15) is 25.8 Å². The topological polar surface area (TPSA) is 105 Å². The van der Waals surface area contributed by atoms with E-state index in [4.69, 9.17) is 32.7 Å². The predicted octanol–water partition coefficient (Wildman–Crippen LogP) is 4.25. The quantitative estimate of drug-likeness (QED) is 0.373. The zero-order chi connectivity index (χ0) is 27.9. The zero-order valence-electron chi connectivity index (χ0n) is 21.7. The number of ether oxygens (including phenoxy) is 2. The molecule has 1 aliphatic rings. The first-order chi connectivity index (χ1) is 18.0. The van der Waals surface area contributed by atoms with Crippen molar-refractivity contribution in [1.82, 2.24) is 10.2 Å². The maximum Gasteiger partial charge on any atom is 0.244 e. The van der Waals surface area contributed by atoms with Gasteiger partial charge in [0.05, 0.1) is 11.9 Å². The zero-order valence-corrected chi connectivity index (χ0v) is 24.0. The average Bonchev–Trinajstić information content (AvgIpc) is 2.87. The van der Waals surface area contributed by atoms with Crippen LogP contribution < -0.4 is 19.1 Å². The summed E-state index contributed by atoms with van der Waals surface area (Å²) in [7, 11) is -3.88. The van der Waals surface area contributed by atoms with Gasteiger partial charge in [-0.15, -0.1) is 0 Å². The van der Waals surface area contributed by atoms with Crippen LogP contribution in [0, 0.1) is 0 Å². The lowest BCUT2D eigenvalue weighted by Crippen LogP contribution is -2.52. The number of amides is 2. The van der Waals surface area contributed by atoms with E-state index in [-0.39, 0.29) is 18.1 Å². The van der Waals surface area contributed by atoms with Crippen molar-refractivity contribution in [3.63, 3.8) is 0 Å². The maximum atomic E-state index is 13.8. The van der Waals surface area contributed by atoms with Crippen molar-refractivity contribution >= 4 is 50.7 Å². The predicted molar refractivity (Wildman–Crippen MR) is 149 cm³/mol. The second-order valence-corrected chi connectivity index (χ2v) is 11.7. The molecule has 0 bridgehead atoms. The van der Waals surface area contributed by atoms with Crippen molar-refractivity contribution in [2.45, 2.75) is 45.7 Å². The molecule has 0 fully saturated rings. The fourth-order valence-corrected chi connectivity index (χ4v) is 5.37. The SMILES string of the molecule is CCCCNC(=O)C(CC)N(Cc1ccc(Cl)cc1Cl)C(=O)CN(c1ccc2c(c1)OCCO2)S(C)(=O)=O. The molecule has 1 unspecified atom stereocenters. The molecule has 1 heterocycles. The molecule has 2 amide bonds. The van der Waals surface area contributed by atoms with Crippen molar-refractivity contribution in [3.05, 3.63) is 52.0 Å². The average molecular weight is 587 g/mol. The summed E-state index contributed by atoms with van der Waals surface area (Å²) in [5, 5.41) is 3.65. The molecule has 9 nitrogen and oxygen atoms in total. The van der Waals surface area contributed by atoms with Crippen molar-refractivity contribution in [3.8, 4) is 11.5 Å². The van der Waals surface area contributed by atoms with E-state index < -0.39 is 28.5 Å².